The minimum atomic E-state index is -1.05. The Balaban J connectivity index is 2.60. The van der Waals surface area contributed by atoms with E-state index in [4.69, 9.17) is 14.6 Å². The molecule has 1 aromatic rings. The van der Waals surface area contributed by atoms with E-state index in [0.29, 0.717) is 0 Å². The predicted octanol–water partition coefficient (Wildman–Crippen LogP) is 1.86. The van der Waals surface area contributed by atoms with Crippen molar-refractivity contribution in [2.24, 2.45) is 0 Å². The smallest absolute Gasteiger partial charge is 0.339 e. The van der Waals surface area contributed by atoms with Crippen LogP contribution in [0.5, 0.6) is 5.75 Å². The van der Waals surface area contributed by atoms with Crippen LogP contribution in [-0.2, 0) is 4.74 Å². The average Bonchev–Trinajstić information content (AvgIpc) is 2.34. The summed E-state index contributed by atoms with van der Waals surface area (Å²) in [6.45, 7) is 5.70. The number of aromatic carboxylic acids is 1. The molecular weight excluding hydrogens is 248 g/mol. The Bertz CT molecular complexity index is 428. The van der Waals surface area contributed by atoms with Crippen LogP contribution < -0.4 is 4.74 Å². The maximum absolute atomic E-state index is 11.1. The van der Waals surface area contributed by atoms with E-state index >= 15 is 0 Å². The summed E-state index contributed by atoms with van der Waals surface area (Å²) in [7, 11) is 0. The van der Waals surface area contributed by atoms with E-state index in [2.05, 4.69) is 0 Å². The van der Waals surface area contributed by atoms with Crippen LogP contribution in [0.2, 0.25) is 0 Å². The van der Waals surface area contributed by atoms with E-state index < -0.39 is 12.1 Å². The third-order valence-corrected chi connectivity index (χ3v) is 2.42. The first-order valence-corrected chi connectivity index (χ1v) is 6.16. The summed E-state index contributed by atoms with van der Waals surface area (Å²) in [6, 6.07) is 4.89. The lowest BCUT2D eigenvalue weighted by molar-refractivity contribution is -0.0124. The molecule has 1 atom stereocenters. The molecule has 0 heterocycles. The van der Waals surface area contributed by atoms with Gasteiger partial charge in [-0.05, 0) is 32.9 Å². The summed E-state index contributed by atoms with van der Waals surface area (Å²) < 4.78 is 10.6. The Morgan fingerprint density at radius 2 is 2.00 bits per heavy atom. The molecule has 2 N–H and O–H groups in total. The molecule has 5 heteroatoms. The van der Waals surface area contributed by atoms with Crippen molar-refractivity contribution in [3.8, 4) is 5.75 Å². The molecule has 0 aliphatic heterocycles. The monoisotopic (exact) mass is 268 g/mol. The summed E-state index contributed by atoms with van der Waals surface area (Å²) in [6.07, 6.45) is -0.756. The molecule has 0 fully saturated rings. The van der Waals surface area contributed by atoms with Crippen LogP contribution in [0, 0.1) is 6.92 Å². The lowest BCUT2D eigenvalue weighted by Crippen LogP contribution is -2.25. The van der Waals surface area contributed by atoms with Crippen LogP contribution in [-0.4, -0.2) is 41.6 Å². The summed E-state index contributed by atoms with van der Waals surface area (Å²) in [5.41, 5.74) is 0.936. The molecule has 19 heavy (non-hydrogen) atoms. The standard InChI is InChI=1S/C14H20O5/c1-9(2)18-7-11(15)8-19-13-5-4-10(3)6-12(13)14(16)17/h4-6,9,11,15H,7-8H2,1-3H3,(H,16,17). The van der Waals surface area contributed by atoms with Crippen molar-refractivity contribution < 1.29 is 24.5 Å². The van der Waals surface area contributed by atoms with Gasteiger partial charge < -0.3 is 19.7 Å². The van der Waals surface area contributed by atoms with Crippen molar-refractivity contribution in [1.82, 2.24) is 0 Å². The molecule has 0 radical (unpaired) electrons. The fraction of sp³-hybridized carbons (Fsp3) is 0.500. The molecular formula is C14H20O5. The minimum Gasteiger partial charge on any atom is -0.490 e. The maximum Gasteiger partial charge on any atom is 0.339 e. The number of carbonyl (C=O) groups is 1. The highest BCUT2D eigenvalue weighted by atomic mass is 16.5. The SMILES string of the molecule is Cc1ccc(OCC(O)COC(C)C)c(C(=O)O)c1. The molecule has 0 saturated carbocycles. The highest BCUT2D eigenvalue weighted by Gasteiger charge is 2.13. The first-order chi connectivity index (χ1) is 8.90. The number of carboxylic acids is 1. The van der Waals surface area contributed by atoms with E-state index in [1.807, 2.05) is 20.8 Å². The van der Waals surface area contributed by atoms with Crippen LogP contribution in [0.25, 0.3) is 0 Å². The van der Waals surface area contributed by atoms with E-state index in [0.717, 1.165) is 5.56 Å². The van der Waals surface area contributed by atoms with Gasteiger partial charge in [-0.15, -0.1) is 0 Å². The molecule has 5 nitrogen and oxygen atoms in total. The second kappa shape index (κ2) is 7.11. The van der Waals surface area contributed by atoms with Gasteiger partial charge in [-0.1, -0.05) is 11.6 Å². The average molecular weight is 268 g/mol. The van der Waals surface area contributed by atoms with Crippen molar-refractivity contribution in [2.45, 2.75) is 33.0 Å². The predicted molar refractivity (Wildman–Crippen MR) is 70.7 cm³/mol. The Morgan fingerprint density at radius 3 is 2.58 bits per heavy atom. The first kappa shape index (κ1) is 15.5. The van der Waals surface area contributed by atoms with Gasteiger partial charge in [-0.3, -0.25) is 0 Å². The third-order valence-electron chi connectivity index (χ3n) is 2.42. The van der Waals surface area contributed by atoms with Crippen molar-refractivity contribution in [2.75, 3.05) is 13.2 Å². The van der Waals surface area contributed by atoms with Crippen LogP contribution in [0.3, 0.4) is 0 Å². The zero-order valence-electron chi connectivity index (χ0n) is 11.4. The molecule has 0 saturated heterocycles. The van der Waals surface area contributed by atoms with Gasteiger partial charge in [0.25, 0.3) is 0 Å². The highest BCUT2D eigenvalue weighted by Crippen LogP contribution is 2.20. The normalized spacial score (nSPS) is 12.5. The second-order valence-electron chi connectivity index (χ2n) is 4.65. The number of ether oxygens (including phenoxy) is 2. The van der Waals surface area contributed by atoms with Gasteiger partial charge in [-0.2, -0.15) is 0 Å². The van der Waals surface area contributed by atoms with Gasteiger partial charge in [0.1, 0.15) is 24.0 Å². The maximum atomic E-state index is 11.1. The fourth-order valence-corrected chi connectivity index (χ4v) is 1.47. The van der Waals surface area contributed by atoms with E-state index in [9.17, 15) is 9.90 Å². The van der Waals surface area contributed by atoms with Crippen molar-refractivity contribution in [3.05, 3.63) is 29.3 Å². The number of carboxylic acid groups (broad SMARTS) is 1. The summed E-state index contributed by atoms with van der Waals surface area (Å²) in [4.78, 5) is 11.1. The Labute approximate surface area is 112 Å². The van der Waals surface area contributed by atoms with Crippen LogP contribution in [0.4, 0.5) is 0 Å². The van der Waals surface area contributed by atoms with Gasteiger partial charge in [-0.25, -0.2) is 4.79 Å². The van der Waals surface area contributed by atoms with Crippen molar-refractivity contribution in [1.29, 1.82) is 0 Å². The van der Waals surface area contributed by atoms with Crippen LogP contribution in [0.15, 0.2) is 18.2 Å². The topological polar surface area (TPSA) is 76.0 Å². The van der Waals surface area contributed by atoms with Gasteiger partial charge in [0.15, 0.2) is 0 Å². The molecule has 0 spiro atoms. The van der Waals surface area contributed by atoms with Gasteiger partial charge in [0.2, 0.25) is 0 Å². The Morgan fingerprint density at radius 1 is 1.32 bits per heavy atom. The van der Waals surface area contributed by atoms with Gasteiger partial charge in [0, 0.05) is 0 Å². The quantitative estimate of drug-likeness (QED) is 0.789. The lowest BCUT2D eigenvalue weighted by Gasteiger charge is -2.15. The minimum absolute atomic E-state index is 0.00391. The zero-order valence-corrected chi connectivity index (χ0v) is 11.4. The number of benzene rings is 1. The van der Waals surface area contributed by atoms with Gasteiger partial charge in [0.05, 0.1) is 12.7 Å². The zero-order chi connectivity index (χ0) is 14.4. The van der Waals surface area contributed by atoms with E-state index in [1.165, 1.54) is 6.07 Å². The Kier molecular flexibility index (Phi) is 5.79. The Hall–Kier alpha value is -1.59. The molecule has 0 aromatic heterocycles. The van der Waals surface area contributed by atoms with Crippen molar-refractivity contribution in [3.63, 3.8) is 0 Å². The van der Waals surface area contributed by atoms with E-state index in [1.54, 1.807) is 12.1 Å². The number of hydrogen-bond acceptors (Lipinski definition) is 4. The second-order valence-corrected chi connectivity index (χ2v) is 4.65. The molecule has 0 bridgehead atoms. The fourth-order valence-electron chi connectivity index (χ4n) is 1.47. The van der Waals surface area contributed by atoms with Crippen molar-refractivity contribution >= 4 is 5.97 Å². The number of hydrogen-bond donors (Lipinski definition) is 2. The molecule has 1 unspecified atom stereocenters. The highest BCUT2D eigenvalue weighted by molar-refractivity contribution is 5.91. The van der Waals surface area contributed by atoms with Crippen LogP contribution in [0.1, 0.15) is 29.8 Å². The number of rotatable bonds is 7. The number of aryl methyl sites for hydroxylation is 1. The number of aliphatic hydroxyl groups is 1. The van der Waals surface area contributed by atoms with Gasteiger partial charge >= 0.3 is 5.97 Å². The summed E-state index contributed by atoms with van der Waals surface area (Å²) in [5, 5.41) is 18.7. The summed E-state index contributed by atoms with van der Waals surface area (Å²) >= 11 is 0. The first-order valence-electron chi connectivity index (χ1n) is 6.16. The van der Waals surface area contributed by atoms with E-state index in [-0.39, 0.29) is 30.6 Å². The lowest BCUT2D eigenvalue weighted by atomic mass is 10.1. The molecule has 0 aliphatic rings. The van der Waals surface area contributed by atoms with Crippen LogP contribution >= 0.6 is 0 Å². The molecule has 1 aromatic carbocycles. The molecule has 0 amide bonds. The summed E-state index contributed by atoms with van der Waals surface area (Å²) in [5.74, 6) is -0.798. The molecule has 106 valence electrons. The molecule has 1 rings (SSSR count). The third kappa shape index (κ3) is 5.28. The number of aliphatic hydroxyl groups excluding tert-OH is 1. The largest absolute Gasteiger partial charge is 0.490 e. The molecule has 0 aliphatic carbocycles.